The van der Waals surface area contributed by atoms with Crippen molar-refractivity contribution in [3.8, 4) is 5.75 Å². The maximum atomic E-state index is 13.8. The Kier molecular flexibility index (Phi) is 4.00. The molecule has 3 aliphatic rings. The van der Waals surface area contributed by atoms with Crippen molar-refractivity contribution in [2.75, 3.05) is 6.54 Å². The number of aromatic nitrogens is 1. The molecule has 1 saturated heterocycles. The molecule has 2 amide bonds. The highest BCUT2D eigenvalue weighted by Gasteiger charge is 2.56. The molecule has 2 N–H and O–H groups in total. The van der Waals surface area contributed by atoms with Gasteiger partial charge in [0.1, 0.15) is 17.2 Å². The Labute approximate surface area is 169 Å². The fraction of sp³-hybridized carbons (Fsp3) is 0.381. The molecule has 1 spiro atoms. The number of amides is 2. The first kappa shape index (κ1) is 18.8. The quantitative estimate of drug-likeness (QED) is 0.800. The van der Waals surface area contributed by atoms with Crippen LogP contribution in [0.4, 0.5) is 8.78 Å². The molecule has 30 heavy (non-hydrogen) atoms. The van der Waals surface area contributed by atoms with E-state index >= 15 is 0 Å². The van der Waals surface area contributed by atoms with Crippen LogP contribution in [0.25, 0.3) is 0 Å². The van der Waals surface area contributed by atoms with Crippen LogP contribution < -0.4 is 10.7 Å². The largest absolute Gasteiger partial charge is 0.503 e. The Morgan fingerprint density at radius 1 is 1.30 bits per heavy atom. The molecule has 156 valence electrons. The van der Waals surface area contributed by atoms with Gasteiger partial charge in [0.2, 0.25) is 5.43 Å². The molecule has 1 aromatic carbocycles. The maximum absolute atomic E-state index is 13.8. The molecule has 2 atom stereocenters. The number of piperidine rings is 1. The molecule has 0 radical (unpaired) electrons. The number of hydrogen-bond donors (Lipinski definition) is 2. The van der Waals surface area contributed by atoms with Gasteiger partial charge in [-0.2, -0.15) is 0 Å². The van der Waals surface area contributed by atoms with Crippen LogP contribution in [0, 0.1) is 17.6 Å². The number of aromatic hydroxyl groups is 1. The van der Waals surface area contributed by atoms with E-state index in [9.17, 15) is 28.3 Å². The van der Waals surface area contributed by atoms with Crippen LogP contribution in [0.1, 0.15) is 45.7 Å². The van der Waals surface area contributed by atoms with E-state index in [4.69, 9.17) is 0 Å². The maximum Gasteiger partial charge on any atom is 0.275 e. The number of nitrogens with one attached hydrogen (secondary N) is 1. The smallest absolute Gasteiger partial charge is 0.275 e. The number of fused-ring (bicyclic) bond motifs is 2. The van der Waals surface area contributed by atoms with E-state index in [2.05, 4.69) is 5.32 Å². The van der Waals surface area contributed by atoms with Crippen LogP contribution >= 0.6 is 0 Å². The summed E-state index contributed by atoms with van der Waals surface area (Å²) in [4.78, 5) is 39.9. The minimum atomic E-state index is -0.952. The first-order valence-electron chi connectivity index (χ1n) is 9.79. The fourth-order valence-electron chi connectivity index (χ4n) is 5.14. The number of rotatable bonds is 3. The van der Waals surface area contributed by atoms with E-state index in [0.29, 0.717) is 25.1 Å². The highest BCUT2D eigenvalue weighted by atomic mass is 19.1. The zero-order valence-electron chi connectivity index (χ0n) is 16.0. The van der Waals surface area contributed by atoms with Crippen molar-refractivity contribution in [3.63, 3.8) is 0 Å². The number of halogens is 2. The lowest BCUT2D eigenvalue weighted by atomic mass is 9.93. The van der Waals surface area contributed by atoms with Gasteiger partial charge in [-0.1, -0.05) is 6.07 Å². The summed E-state index contributed by atoms with van der Waals surface area (Å²) < 4.78 is 28.3. The van der Waals surface area contributed by atoms with Gasteiger partial charge in [-0.25, -0.2) is 8.78 Å². The topological polar surface area (TPSA) is 91.6 Å². The average molecular weight is 415 g/mol. The molecule has 2 aliphatic heterocycles. The number of carbonyl (C=O) groups is 2. The minimum Gasteiger partial charge on any atom is -0.503 e. The van der Waals surface area contributed by atoms with E-state index < -0.39 is 34.6 Å². The van der Waals surface area contributed by atoms with Crippen LogP contribution in [0.15, 0.2) is 29.2 Å². The fourth-order valence-corrected chi connectivity index (χ4v) is 5.14. The zero-order chi connectivity index (χ0) is 21.2. The monoisotopic (exact) mass is 415 g/mol. The first-order chi connectivity index (χ1) is 14.3. The van der Waals surface area contributed by atoms with Gasteiger partial charge < -0.3 is 19.9 Å². The van der Waals surface area contributed by atoms with E-state index in [0.717, 1.165) is 25.3 Å². The second-order valence-electron chi connectivity index (χ2n) is 8.36. The Bertz CT molecular complexity index is 1160. The predicted molar refractivity (Wildman–Crippen MR) is 101 cm³/mol. The third kappa shape index (κ3) is 2.64. The molecular weight excluding hydrogens is 396 g/mol. The van der Waals surface area contributed by atoms with Gasteiger partial charge in [-0.3, -0.25) is 14.4 Å². The third-order valence-corrected chi connectivity index (χ3v) is 6.57. The third-order valence-electron chi connectivity index (χ3n) is 6.57. The molecule has 3 heterocycles. The van der Waals surface area contributed by atoms with Gasteiger partial charge in [0.25, 0.3) is 11.8 Å². The number of benzene rings is 1. The van der Waals surface area contributed by atoms with Gasteiger partial charge in [0.05, 0.1) is 5.54 Å². The first-order valence-corrected chi connectivity index (χ1v) is 9.79. The summed E-state index contributed by atoms with van der Waals surface area (Å²) in [7, 11) is 0. The summed E-state index contributed by atoms with van der Waals surface area (Å²) in [5.74, 6) is -3.08. The SMILES string of the molecule is O=C(NCc1ccc(F)cc1F)c1cn2c(c(O)c1=O)C(=O)N1C[C@@H]3CC[C@@]1(C3)C2. The molecule has 1 aromatic heterocycles. The Hall–Kier alpha value is -3.23. The molecule has 7 nitrogen and oxygen atoms in total. The second kappa shape index (κ2) is 6.38. The molecule has 1 aliphatic carbocycles. The van der Waals surface area contributed by atoms with Crippen molar-refractivity contribution < 1.29 is 23.5 Å². The lowest BCUT2D eigenvalue weighted by Gasteiger charge is -2.44. The zero-order valence-corrected chi connectivity index (χ0v) is 16.0. The summed E-state index contributed by atoms with van der Waals surface area (Å²) in [6.45, 7) is 0.772. The standard InChI is InChI=1S/C21H19F2N3O4/c22-13-2-1-12(15(23)5-13)7-24-19(29)14-9-25-10-21-4-3-11(6-21)8-26(21)20(30)16(25)18(28)17(14)27/h1-2,5,9,11,28H,3-4,6-8,10H2,(H,24,29)/t11-,21-/m1/s1. The Morgan fingerprint density at radius 3 is 2.83 bits per heavy atom. The van der Waals surface area contributed by atoms with Crippen LogP contribution in [0.2, 0.25) is 0 Å². The molecule has 5 rings (SSSR count). The van der Waals surface area contributed by atoms with Gasteiger partial charge in [0.15, 0.2) is 11.4 Å². The molecule has 9 heteroatoms. The minimum absolute atomic E-state index is 0.0553. The van der Waals surface area contributed by atoms with Crippen LogP contribution in [0.5, 0.6) is 5.75 Å². The van der Waals surface area contributed by atoms with Crippen LogP contribution in [0.3, 0.4) is 0 Å². The van der Waals surface area contributed by atoms with Crippen LogP contribution in [-0.4, -0.2) is 38.5 Å². The second-order valence-corrected chi connectivity index (χ2v) is 8.36. The van der Waals surface area contributed by atoms with Crippen molar-refractivity contribution >= 4 is 11.8 Å². The Morgan fingerprint density at radius 2 is 2.10 bits per heavy atom. The van der Waals surface area contributed by atoms with Gasteiger partial charge in [-0.05, 0) is 31.2 Å². The average Bonchev–Trinajstić information content (AvgIpc) is 3.27. The lowest BCUT2D eigenvalue weighted by molar-refractivity contribution is 0.0397. The summed E-state index contributed by atoms with van der Waals surface area (Å²) in [5.41, 5.74) is -1.66. The van der Waals surface area contributed by atoms with Crippen molar-refractivity contribution in [2.45, 2.75) is 37.9 Å². The van der Waals surface area contributed by atoms with Crippen molar-refractivity contribution in [1.82, 2.24) is 14.8 Å². The predicted octanol–water partition coefficient (Wildman–Crippen LogP) is 1.77. The molecule has 2 fully saturated rings. The molecule has 1 saturated carbocycles. The van der Waals surface area contributed by atoms with Crippen LogP contribution in [-0.2, 0) is 13.1 Å². The number of carbonyl (C=O) groups excluding carboxylic acids is 2. The number of pyridine rings is 1. The summed E-state index contributed by atoms with van der Waals surface area (Å²) in [5, 5.41) is 12.8. The van der Waals surface area contributed by atoms with Gasteiger partial charge in [-0.15, -0.1) is 0 Å². The van der Waals surface area contributed by atoms with Crippen molar-refractivity contribution in [2.24, 2.45) is 5.92 Å². The van der Waals surface area contributed by atoms with Crippen molar-refractivity contribution in [3.05, 3.63) is 63.1 Å². The Balaban J connectivity index is 1.46. The van der Waals surface area contributed by atoms with E-state index in [1.165, 1.54) is 16.8 Å². The summed E-state index contributed by atoms with van der Waals surface area (Å²) in [6.07, 6.45) is 4.04. The number of nitrogens with zero attached hydrogens (tertiary/aromatic N) is 2. The molecule has 0 unspecified atom stereocenters. The van der Waals surface area contributed by atoms with E-state index in [1.54, 1.807) is 4.90 Å². The molecule has 2 aromatic rings. The van der Waals surface area contributed by atoms with Gasteiger partial charge >= 0.3 is 0 Å². The summed E-state index contributed by atoms with van der Waals surface area (Å²) >= 11 is 0. The van der Waals surface area contributed by atoms with Gasteiger partial charge in [0, 0.05) is 37.5 Å². The highest BCUT2D eigenvalue weighted by molar-refractivity contribution is 5.99. The lowest BCUT2D eigenvalue weighted by Crippen LogP contribution is -2.55. The van der Waals surface area contributed by atoms with E-state index in [1.807, 2.05) is 0 Å². The molecule has 2 bridgehead atoms. The summed E-state index contributed by atoms with van der Waals surface area (Å²) in [6, 6.07) is 2.97. The number of hydrogen-bond acceptors (Lipinski definition) is 4. The molecular formula is C21H19F2N3O4. The van der Waals surface area contributed by atoms with E-state index in [-0.39, 0.29) is 28.9 Å². The normalized spacial score (nSPS) is 24.0. The highest BCUT2D eigenvalue weighted by Crippen LogP contribution is 2.50. The van der Waals surface area contributed by atoms with Crippen molar-refractivity contribution in [1.29, 1.82) is 0 Å².